The summed E-state index contributed by atoms with van der Waals surface area (Å²) in [7, 11) is 0. The van der Waals surface area contributed by atoms with Crippen LogP contribution in [0.1, 0.15) is 0 Å². The monoisotopic (exact) mass is 160 g/mol. The molecule has 5 heteroatoms. The molecular formula is C6H8O5. The highest BCUT2D eigenvalue weighted by Crippen LogP contribution is 1.88. The molecule has 2 N–H and O–H groups in total. The maximum Gasteiger partial charge on any atom is 0.345 e. The lowest BCUT2D eigenvalue weighted by Crippen LogP contribution is -2.28. The fourth-order valence-electron chi connectivity index (χ4n) is 0.283. The Morgan fingerprint density at radius 1 is 1.64 bits per heavy atom. The molecular weight excluding hydrogens is 152 g/mol. The van der Waals surface area contributed by atoms with E-state index >= 15 is 0 Å². The van der Waals surface area contributed by atoms with Crippen LogP contribution in [0.4, 0.5) is 0 Å². The smallest absolute Gasteiger partial charge is 0.345 e. The van der Waals surface area contributed by atoms with Crippen molar-refractivity contribution in [2.45, 2.75) is 6.10 Å². The summed E-state index contributed by atoms with van der Waals surface area (Å²) in [6.45, 7) is 2.25. The Hall–Kier alpha value is -1.20. The highest BCUT2D eigenvalue weighted by molar-refractivity contribution is 5.93. The summed E-state index contributed by atoms with van der Waals surface area (Å²) in [6.07, 6.45) is -0.888. The van der Waals surface area contributed by atoms with Crippen LogP contribution in [0.2, 0.25) is 0 Å². The molecule has 0 saturated heterocycles. The van der Waals surface area contributed by atoms with Crippen molar-refractivity contribution in [3.63, 3.8) is 0 Å². The number of rotatable bonds is 3. The van der Waals surface area contributed by atoms with Crippen molar-refractivity contribution < 1.29 is 24.5 Å². The molecule has 0 heterocycles. The summed E-state index contributed by atoms with van der Waals surface area (Å²) in [5.74, 6) is -2.14. The molecule has 0 aromatic heterocycles. The molecule has 0 aliphatic rings. The lowest BCUT2D eigenvalue weighted by Gasteiger charge is -2.03. The van der Waals surface area contributed by atoms with Crippen molar-refractivity contribution in [3.8, 4) is 0 Å². The van der Waals surface area contributed by atoms with E-state index < -0.39 is 24.6 Å². The van der Waals surface area contributed by atoms with E-state index in [1.165, 1.54) is 0 Å². The third-order valence-electron chi connectivity index (χ3n) is 0.813. The van der Waals surface area contributed by atoms with Gasteiger partial charge in [-0.2, -0.15) is 0 Å². The van der Waals surface area contributed by atoms with Gasteiger partial charge in [-0.1, -0.05) is 6.58 Å². The lowest BCUT2D eigenvalue weighted by molar-refractivity contribution is -0.164. The zero-order valence-corrected chi connectivity index (χ0v) is 5.69. The minimum Gasteiger partial charge on any atom is -0.393 e. The summed E-state index contributed by atoms with van der Waals surface area (Å²) in [4.78, 5) is 20.7. The van der Waals surface area contributed by atoms with Gasteiger partial charge >= 0.3 is 11.9 Å². The SMILES string of the molecule is C=CC(=O)OC(=O)C(O)CO. The average Bonchev–Trinajstić information content (AvgIpc) is 2.02. The van der Waals surface area contributed by atoms with Gasteiger partial charge in [-0.05, 0) is 0 Å². The van der Waals surface area contributed by atoms with Crippen LogP contribution in [0.3, 0.4) is 0 Å². The number of ether oxygens (including phenoxy) is 1. The normalized spacial score (nSPS) is 11.8. The van der Waals surface area contributed by atoms with E-state index in [0.717, 1.165) is 6.08 Å². The van der Waals surface area contributed by atoms with E-state index in [1.54, 1.807) is 0 Å². The van der Waals surface area contributed by atoms with E-state index in [9.17, 15) is 9.59 Å². The first kappa shape index (κ1) is 9.80. The second kappa shape index (κ2) is 4.59. The Morgan fingerprint density at radius 3 is 2.55 bits per heavy atom. The Labute approximate surface area is 62.9 Å². The van der Waals surface area contributed by atoms with Gasteiger partial charge in [0.15, 0.2) is 6.10 Å². The predicted octanol–water partition coefficient (Wildman–Crippen LogP) is -1.40. The van der Waals surface area contributed by atoms with Crippen molar-refractivity contribution in [2.24, 2.45) is 0 Å². The van der Waals surface area contributed by atoms with Gasteiger partial charge in [-0.25, -0.2) is 9.59 Å². The molecule has 0 saturated carbocycles. The van der Waals surface area contributed by atoms with E-state index in [0.29, 0.717) is 0 Å². The van der Waals surface area contributed by atoms with Crippen LogP contribution in [0, 0.1) is 0 Å². The van der Waals surface area contributed by atoms with Gasteiger partial charge in [0.25, 0.3) is 0 Å². The molecule has 62 valence electrons. The van der Waals surface area contributed by atoms with E-state index in [4.69, 9.17) is 10.2 Å². The molecule has 0 aromatic carbocycles. The molecule has 0 spiro atoms. The first-order valence-electron chi connectivity index (χ1n) is 2.78. The molecule has 0 fully saturated rings. The summed E-state index contributed by atoms with van der Waals surface area (Å²) < 4.78 is 3.95. The quantitative estimate of drug-likeness (QED) is 0.301. The Bertz CT molecular complexity index is 174. The van der Waals surface area contributed by atoms with E-state index in [2.05, 4.69) is 11.3 Å². The fraction of sp³-hybridized carbons (Fsp3) is 0.333. The van der Waals surface area contributed by atoms with Crippen molar-refractivity contribution >= 4 is 11.9 Å². The summed E-state index contributed by atoms with van der Waals surface area (Å²) in [6, 6.07) is 0. The number of hydrogen-bond acceptors (Lipinski definition) is 5. The highest BCUT2D eigenvalue weighted by Gasteiger charge is 2.17. The van der Waals surface area contributed by atoms with Crippen molar-refractivity contribution in [1.29, 1.82) is 0 Å². The van der Waals surface area contributed by atoms with Crippen LogP contribution >= 0.6 is 0 Å². The largest absolute Gasteiger partial charge is 0.393 e. The number of carbonyl (C=O) groups is 2. The first-order chi connectivity index (χ1) is 5.11. The van der Waals surface area contributed by atoms with Crippen molar-refractivity contribution in [3.05, 3.63) is 12.7 Å². The highest BCUT2D eigenvalue weighted by atomic mass is 16.6. The summed E-state index contributed by atoms with van der Waals surface area (Å²) in [5, 5.41) is 16.8. The van der Waals surface area contributed by atoms with Crippen LogP contribution in [0.15, 0.2) is 12.7 Å². The maximum absolute atomic E-state index is 10.4. The lowest BCUT2D eigenvalue weighted by atomic mass is 10.4. The topological polar surface area (TPSA) is 83.8 Å². The van der Waals surface area contributed by atoms with Gasteiger partial charge in [-0.15, -0.1) is 0 Å². The standard InChI is InChI=1S/C6H8O5/c1-2-5(9)11-6(10)4(8)3-7/h2,4,7-8H,1,3H2. The zero-order valence-electron chi connectivity index (χ0n) is 5.69. The molecule has 0 aromatic rings. The van der Waals surface area contributed by atoms with Crippen LogP contribution in [0.5, 0.6) is 0 Å². The minimum atomic E-state index is -1.67. The Balaban J connectivity index is 3.86. The molecule has 0 aliphatic heterocycles. The van der Waals surface area contributed by atoms with Crippen molar-refractivity contribution in [2.75, 3.05) is 6.61 Å². The van der Waals surface area contributed by atoms with Gasteiger partial charge in [0.2, 0.25) is 0 Å². The Kier molecular flexibility index (Phi) is 4.09. The molecule has 5 nitrogen and oxygen atoms in total. The molecule has 11 heavy (non-hydrogen) atoms. The summed E-state index contributed by atoms with van der Waals surface area (Å²) in [5.41, 5.74) is 0. The van der Waals surface area contributed by atoms with E-state index in [-0.39, 0.29) is 0 Å². The predicted molar refractivity (Wildman–Crippen MR) is 34.4 cm³/mol. The summed E-state index contributed by atoms with van der Waals surface area (Å²) >= 11 is 0. The van der Waals surface area contributed by atoms with Crippen LogP contribution in [-0.2, 0) is 14.3 Å². The van der Waals surface area contributed by atoms with Crippen LogP contribution < -0.4 is 0 Å². The molecule has 1 atom stereocenters. The number of aliphatic hydroxyl groups is 2. The maximum atomic E-state index is 10.4. The zero-order chi connectivity index (χ0) is 8.85. The second-order valence-corrected chi connectivity index (χ2v) is 1.64. The van der Waals surface area contributed by atoms with Crippen LogP contribution in [-0.4, -0.2) is 34.9 Å². The third kappa shape index (κ3) is 3.49. The number of hydrogen-bond donors (Lipinski definition) is 2. The molecule has 0 rings (SSSR count). The fourth-order valence-corrected chi connectivity index (χ4v) is 0.283. The molecule has 0 aliphatic carbocycles. The number of esters is 2. The van der Waals surface area contributed by atoms with Crippen molar-refractivity contribution in [1.82, 2.24) is 0 Å². The van der Waals surface area contributed by atoms with Gasteiger partial charge in [-0.3, -0.25) is 0 Å². The van der Waals surface area contributed by atoms with Gasteiger partial charge < -0.3 is 14.9 Å². The molecule has 0 amide bonds. The molecule has 0 bridgehead atoms. The van der Waals surface area contributed by atoms with Gasteiger partial charge in [0, 0.05) is 6.08 Å². The van der Waals surface area contributed by atoms with Gasteiger partial charge in [0.05, 0.1) is 6.61 Å². The van der Waals surface area contributed by atoms with E-state index in [1.807, 2.05) is 0 Å². The number of aliphatic hydroxyl groups excluding tert-OH is 2. The third-order valence-corrected chi connectivity index (χ3v) is 0.813. The second-order valence-electron chi connectivity index (χ2n) is 1.64. The first-order valence-corrected chi connectivity index (χ1v) is 2.78. The van der Waals surface area contributed by atoms with Crippen LogP contribution in [0.25, 0.3) is 0 Å². The number of carbonyl (C=O) groups excluding carboxylic acids is 2. The minimum absolute atomic E-state index is 0.775. The molecule has 1 unspecified atom stereocenters. The Morgan fingerprint density at radius 2 is 2.18 bits per heavy atom. The van der Waals surface area contributed by atoms with Gasteiger partial charge in [0.1, 0.15) is 0 Å². The average molecular weight is 160 g/mol. The molecule has 0 radical (unpaired) electrons.